The molecule has 4 nitrogen and oxygen atoms in total. The zero-order valence-corrected chi connectivity index (χ0v) is 10.7. The molecule has 0 radical (unpaired) electrons. The molecule has 18 heavy (non-hydrogen) atoms. The molecule has 1 aliphatic rings. The summed E-state index contributed by atoms with van der Waals surface area (Å²) in [4.78, 5) is 11.9. The molecule has 98 valence electrons. The van der Waals surface area contributed by atoms with E-state index in [0.717, 1.165) is 43.9 Å². The van der Waals surface area contributed by atoms with Gasteiger partial charge in [-0.2, -0.15) is 0 Å². The Morgan fingerprint density at radius 1 is 1.44 bits per heavy atom. The van der Waals surface area contributed by atoms with Gasteiger partial charge in [0.15, 0.2) is 0 Å². The Kier molecular flexibility index (Phi) is 4.59. The summed E-state index contributed by atoms with van der Waals surface area (Å²) in [7, 11) is 0. The first-order chi connectivity index (χ1) is 8.79. The molecule has 1 aromatic rings. The number of rotatable bonds is 5. The van der Waals surface area contributed by atoms with E-state index in [-0.39, 0.29) is 11.9 Å². The first-order valence-electron chi connectivity index (χ1n) is 6.56. The highest BCUT2D eigenvalue weighted by molar-refractivity contribution is 5.95. The van der Waals surface area contributed by atoms with Crippen molar-refractivity contribution >= 4 is 11.6 Å². The molecule has 1 saturated heterocycles. The lowest BCUT2D eigenvalue weighted by Gasteiger charge is -2.11. The Hall–Kier alpha value is -1.55. The van der Waals surface area contributed by atoms with Crippen molar-refractivity contribution in [1.82, 2.24) is 5.32 Å². The summed E-state index contributed by atoms with van der Waals surface area (Å²) in [5.41, 5.74) is 0.817. The van der Waals surface area contributed by atoms with E-state index in [9.17, 15) is 4.79 Å². The van der Waals surface area contributed by atoms with E-state index in [1.54, 1.807) is 0 Å². The average molecular weight is 248 g/mol. The van der Waals surface area contributed by atoms with Crippen molar-refractivity contribution in [1.29, 1.82) is 0 Å². The number of ether oxygens (including phenoxy) is 1. The maximum Gasteiger partial charge on any atom is 0.241 e. The Bertz CT molecular complexity index is 383. The molecule has 1 aromatic carbocycles. The van der Waals surface area contributed by atoms with Crippen LogP contribution in [-0.4, -0.2) is 25.1 Å². The quantitative estimate of drug-likeness (QED) is 0.839. The molecule has 2 N–H and O–H groups in total. The Morgan fingerprint density at radius 2 is 2.22 bits per heavy atom. The fourth-order valence-electron chi connectivity index (χ4n) is 1.99. The van der Waals surface area contributed by atoms with E-state index in [1.165, 1.54) is 0 Å². The zero-order valence-electron chi connectivity index (χ0n) is 10.7. The second-order valence-corrected chi connectivity index (χ2v) is 4.51. The van der Waals surface area contributed by atoms with Crippen LogP contribution in [0.4, 0.5) is 5.69 Å². The molecule has 0 bridgehead atoms. The van der Waals surface area contributed by atoms with Crippen LogP contribution < -0.4 is 15.4 Å². The second kappa shape index (κ2) is 6.40. The lowest BCUT2D eigenvalue weighted by molar-refractivity contribution is -0.117. The molecule has 1 atom stereocenters. The van der Waals surface area contributed by atoms with E-state index >= 15 is 0 Å². The fourth-order valence-corrected chi connectivity index (χ4v) is 1.99. The van der Waals surface area contributed by atoms with Gasteiger partial charge in [-0.3, -0.25) is 4.79 Å². The molecular weight excluding hydrogens is 228 g/mol. The van der Waals surface area contributed by atoms with Gasteiger partial charge in [-0.15, -0.1) is 0 Å². The van der Waals surface area contributed by atoms with Crippen molar-refractivity contribution < 1.29 is 9.53 Å². The summed E-state index contributed by atoms with van der Waals surface area (Å²) >= 11 is 0. The minimum Gasteiger partial charge on any atom is -0.494 e. The van der Waals surface area contributed by atoms with E-state index in [2.05, 4.69) is 17.6 Å². The van der Waals surface area contributed by atoms with Crippen molar-refractivity contribution in [2.75, 3.05) is 18.5 Å². The minimum atomic E-state index is -0.0407. The maximum atomic E-state index is 11.9. The topological polar surface area (TPSA) is 50.4 Å². The number of carbonyl (C=O) groups excluding carboxylic acids is 1. The van der Waals surface area contributed by atoms with Crippen LogP contribution in [0, 0.1) is 0 Å². The van der Waals surface area contributed by atoms with E-state index in [1.807, 2.05) is 24.3 Å². The van der Waals surface area contributed by atoms with Crippen molar-refractivity contribution in [2.45, 2.75) is 32.2 Å². The largest absolute Gasteiger partial charge is 0.494 e. The first kappa shape index (κ1) is 12.9. The normalized spacial score (nSPS) is 18.6. The third-order valence-corrected chi connectivity index (χ3v) is 2.97. The number of benzene rings is 1. The summed E-state index contributed by atoms with van der Waals surface area (Å²) in [6.07, 6.45) is 2.98. The molecular formula is C14H20N2O2. The maximum absolute atomic E-state index is 11.9. The third kappa shape index (κ3) is 3.47. The van der Waals surface area contributed by atoms with Crippen molar-refractivity contribution in [3.63, 3.8) is 0 Å². The van der Waals surface area contributed by atoms with Crippen LogP contribution >= 0.6 is 0 Å². The lowest BCUT2D eigenvalue weighted by Crippen LogP contribution is -2.35. The third-order valence-electron chi connectivity index (χ3n) is 2.97. The highest BCUT2D eigenvalue weighted by Crippen LogP contribution is 2.17. The molecule has 0 aromatic heterocycles. The van der Waals surface area contributed by atoms with Crippen LogP contribution in [0.1, 0.15) is 26.2 Å². The summed E-state index contributed by atoms with van der Waals surface area (Å²) < 4.78 is 5.49. The predicted molar refractivity (Wildman–Crippen MR) is 71.9 cm³/mol. The van der Waals surface area contributed by atoms with Gasteiger partial charge in [0.25, 0.3) is 0 Å². The van der Waals surface area contributed by atoms with Gasteiger partial charge in [-0.1, -0.05) is 6.92 Å². The SMILES string of the molecule is CCCOc1ccc(NC(=O)C2CCCN2)cc1. The second-order valence-electron chi connectivity index (χ2n) is 4.51. The van der Waals surface area contributed by atoms with E-state index < -0.39 is 0 Å². The molecule has 0 spiro atoms. The van der Waals surface area contributed by atoms with E-state index in [0.29, 0.717) is 0 Å². The Labute approximate surface area is 108 Å². The molecule has 1 heterocycles. The Morgan fingerprint density at radius 3 is 2.83 bits per heavy atom. The highest BCUT2D eigenvalue weighted by Gasteiger charge is 2.21. The number of hydrogen-bond acceptors (Lipinski definition) is 3. The van der Waals surface area contributed by atoms with Crippen LogP contribution in [0.15, 0.2) is 24.3 Å². The minimum absolute atomic E-state index is 0.0407. The van der Waals surface area contributed by atoms with Crippen LogP contribution in [0.2, 0.25) is 0 Å². The fraction of sp³-hybridized carbons (Fsp3) is 0.500. The molecule has 0 saturated carbocycles. The Balaban J connectivity index is 1.87. The molecule has 1 aliphatic heterocycles. The average Bonchev–Trinajstić information content (AvgIpc) is 2.92. The number of nitrogens with one attached hydrogen (secondary N) is 2. The highest BCUT2D eigenvalue weighted by atomic mass is 16.5. The smallest absolute Gasteiger partial charge is 0.241 e. The van der Waals surface area contributed by atoms with Gasteiger partial charge in [-0.25, -0.2) is 0 Å². The summed E-state index contributed by atoms with van der Waals surface area (Å²) in [6, 6.07) is 7.47. The molecule has 1 unspecified atom stereocenters. The summed E-state index contributed by atoms with van der Waals surface area (Å²) in [6.45, 7) is 3.72. The van der Waals surface area contributed by atoms with Gasteiger partial charge in [0.05, 0.1) is 12.6 Å². The molecule has 1 fully saturated rings. The van der Waals surface area contributed by atoms with Gasteiger partial charge in [-0.05, 0) is 50.1 Å². The molecule has 2 rings (SSSR count). The van der Waals surface area contributed by atoms with Gasteiger partial charge in [0.2, 0.25) is 5.91 Å². The monoisotopic (exact) mass is 248 g/mol. The summed E-state index contributed by atoms with van der Waals surface area (Å²) in [5, 5.41) is 6.09. The van der Waals surface area contributed by atoms with Crippen LogP contribution in [0.25, 0.3) is 0 Å². The van der Waals surface area contributed by atoms with Gasteiger partial charge in [0, 0.05) is 5.69 Å². The van der Waals surface area contributed by atoms with Gasteiger partial charge >= 0.3 is 0 Å². The van der Waals surface area contributed by atoms with Crippen molar-refractivity contribution in [3.05, 3.63) is 24.3 Å². The van der Waals surface area contributed by atoms with Gasteiger partial charge < -0.3 is 15.4 Å². The number of hydrogen-bond donors (Lipinski definition) is 2. The number of carbonyl (C=O) groups is 1. The number of amides is 1. The summed E-state index contributed by atoms with van der Waals surface area (Å²) in [5.74, 6) is 0.892. The first-order valence-corrected chi connectivity index (χ1v) is 6.56. The van der Waals surface area contributed by atoms with Crippen molar-refractivity contribution in [2.24, 2.45) is 0 Å². The van der Waals surface area contributed by atoms with Crippen LogP contribution in [0.3, 0.4) is 0 Å². The van der Waals surface area contributed by atoms with Crippen LogP contribution in [0.5, 0.6) is 5.75 Å². The predicted octanol–water partition coefficient (Wildman–Crippen LogP) is 2.17. The number of anilines is 1. The zero-order chi connectivity index (χ0) is 12.8. The molecule has 0 aliphatic carbocycles. The van der Waals surface area contributed by atoms with Crippen molar-refractivity contribution in [3.8, 4) is 5.75 Å². The molecule has 1 amide bonds. The van der Waals surface area contributed by atoms with Crippen LogP contribution in [-0.2, 0) is 4.79 Å². The van der Waals surface area contributed by atoms with E-state index in [4.69, 9.17) is 4.74 Å². The standard InChI is InChI=1S/C14H20N2O2/c1-2-10-18-12-7-5-11(6-8-12)16-14(17)13-4-3-9-15-13/h5-8,13,15H,2-4,9-10H2,1H3,(H,16,17). The van der Waals surface area contributed by atoms with Gasteiger partial charge in [0.1, 0.15) is 5.75 Å². The lowest BCUT2D eigenvalue weighted by atomic mass is 10.2. The molecule has 4 heteroatoms.